The molecule has 0 bridgehead atoms. The van der Waals surface area contributed by atoms with Crippen molar-refractivity contribution < 1.29 is 9.90 Å². The maximum Gasteiger partial charge on any atom is 0.333 e. The van der Waals surface area contributed by atoms with E-state index in [9.17, 15) is 4.79 Å². The zero-order valence-electron chi connectivity index (χ0n) is 7.53. The van der Waals surface area contributed by atoms with Crippen LogP contribution in [0.3, 0.4) is 0 Å². The largest absolute Gasteiger partial charge is 0.478 e. The standard InChI is InChI=1S/C9H13NO2/c1-9(2)4-5-10(3)6-7(9)8(11)12/h4-6H,1-3H3,(H,11,12). The van der Waals surface area contributed by atoms with E-state index in [4.69, 9.17) is 5.11 Å². The fourth-order valence-electron chi connectivity index (χ4n) is 1.14. The van der Waals surface area contributed by atoms with Gasteiger partial charge in [-0.3, -0.25) is 0 Å². The summed E-state index contributed by atoms with van der Waals surface area (Å²) in [6.07, 6.45) is 5.39. The number of carboxylic acids is 1. The predicted octanol–water partition coefficient (Wildman–Crippen LogP) is 1.44. The van der Waals surface area contributed by atoms with E-state index in [0.717, 1.165) is 0 Å². The number of hydrogen-bond donors (Lipinski definition) is 1. The highest BCUT2D eigenvalue weighted by molar-refractivity contribution is 5.88. The number of carbonyl (C=O) groups is 1. The topological polar surface area (TPSA) is 40.5 Å². The molecule has 0 unspecified atom stereocenters. The number of carboxylic acid groups (broad SMARTS) is 1. The van der Waals surface area contributed by atoms with Crippen molar-refractivity contribution in [3.8, 4) is 0 Å². The Morgan fingerprint density at radius 1 is 1.58 bits per heavy atom. The summed E-state index contributed by atoms with van der Waals surface area (Å²) >= 11 is 0. The first-order valence-electron chi connectivity index (χ1n) is 3.80. The van der Waals surface area contributed by atoms with Crippen molar-refractivity contribution >= 4 is 5.97 Å². The van der Waals surface area contributed by atoms with Crippen LogP contribution >= 0.6 is 0 Å². The van der Waals surface area contributed by atoms with Gasteiger partial charge in [0, 0.05) is 24.9 Å². The van der Waals surface area contributed by atoms with E-state index < -0.39 is 5.97 Å². The minimum atomic E-state index is -0.851. The third-order valence-electron chi connectivity index (χ3n) is 1.98. The highest BCUT2D eigenvalue weighted by Gasteiger charge is 2.28. The fraction of sp³-hybridized carbons (Fsp3) is 0.444. The van der Waals surface area contributed by atoms with Crippen LogP contribution in [-0.2, 0) is 4.79 Å². The van der Waals surface area contributed by atoms with E-state index in [1.165, 1.54) is 0 Å². The molecular weight excluding hydrogens is 154 g/mol. The summed E-state index contributed by atoms with van der Waals surface area (Å²) in [6, 6.07) is 0. The molecule has 0 amide bonds. The molecule has 0 saturated heterocycles. The Morgan fingerprint density at radius 2 is 2.17 bits per heavy atom. The van der Waals surface area contributed by atoms with E-state index in [2.05, 4.69) is 0 Å². The lowest BCUT2D eigenvalue weighted by Crippen LogP contribution is -2.25. The lowest BCUT2D eigenvalue weighted by molar-refractivity contribution is -0.133. The highest BCUT2D eigenvalue weighted by atomic mass is 16.4. The molecule has 66 valence electrons. The number of aliphatic carboxylic acids is 1. The lowest BCUT2D eigenvalue weighted by Gasteiger charge is -2.27. The predicted molar refractivity (Wildman–Crippen MR) is 46.4 cm³/mol. The number of rotatable bonds is 1. The Bertz CT molecular complexity index is 264. The quantitative estimate of drug-likeness (QED) is 0.642. The molecule has 3 nitrogen and oxygen atoms in total. The zero-order valence-corrected chi connectivity index (χ0v) is 7.53. The molecule has 3 heteroatoms. The monoisotopic (exact) mass is 167 g/mol. The van der Waals surface area contributed by atoms with Gasteiger partial charge in [0.05, 0.1) is 5.57 Å². The van der Waals surface area contributed by atoms with Crippen molar-refractivity contribution in [3.63, 3.8) is 0 Å². The fourth-order valence-corrected chi connectivity index (χ4v) is 1.14. The Kier molecular flexibility index (Phi) is 1.96. The maximum atomic E-state index is 10.8. The second-order valence-electron chi connectivity index (χ2n) is 3.55. The molecule has 1 N–H and O–H groups in total. The smallest absolute Gasteiger partial charge is 0.333 e. The molecule has 1 heterocycles. The molecule has 12 heavy (non-hydrogen) atoms. The second-order valence-corrected chi connectivity index (χ2v) is 3.55. The molecule has 0 aromatic carbocycles. The van der Waals surface area contributed by atoms with E-state index in [0.29, 0.717) is 5.57 Å². The van der Waals surface area contributed by atoms with Gasteiger partial charge in [-0.1, -0.05) is 19.9 Å². The van der Waals surface area contributed by atoms with Crippen molar-refractivity contribution in [2.45, 2.75) is 13.8 Å². The molecular formula is C9H13NO2. The van der Waals surface area contributed by atoms with Gasteiger partial charge in [0.2, 0.25) is 0 Å². The number of nitrogens with zero attached hydrogens (tertiary/aromatic N) is 1. The summed E-state index contributed by atoms with van der Waals surface area (Å²) in [7, 11) is 1.81. The van der Waals surface area contributed by atoms with Crippen molar-refractivity contribution in [1.82, 2.24) is 4.90 Å². The van der Waals surface area contributed by atoms with Crippen LogP contribution in [0.5, 0.6) is 0 Å². The first-order chi connectivity index (χ1) is 5.43. The van der Waals surface area contributed by atoms with E-state index in [-0.39, 0.29) is 5.41 Å². The van der Waals surface area contributed by atoms with Gasteiger partial charge >= 0.3 is 5.97 Å². The molecule has 0 aromatic rings. The third-order valence-corrected chi connectivity index (χ3v) is 1.98. The summed E-state index contributed by atoms with van der Waals surface area (Å²) in [6.45, 7) is 3.77. The maximum absolute atomic E-state index is 10.8. The van der Waals surface area contributed by atoms with Crippen LogP contribution < -0.4 is 0 Å². The van der Waals surface area contributed by atoms with Crippen molar-refractivity contribution in [2.75, 3.05) is 7.05 Å². The van der Waals surface area contributed by atoms with Crippen LogP contribution in [0.15, 0.2) is 24.0 Å². The average molecular weight is 167 g/mol. The SMILES string of the molecule is CN1C=CC(C)(C)C(C(=O)O)=C1. The molecule has 0 aromatic heterocycles. The summed E-state index contributed by atoms with van der Waals surface area (Å²) in [5, 5.41) is 8.86. The third kappa shape index (κ3) is 1.49. The van der Waals surface area contributed by atoms with Gasteiger partial charge in [-0.25, -0.2) is 4.79 Å². The van der Waals surface area contributed by atoms with Gasteiger partial charge in [0.25, 0.3) is 0 Å². The van der Waals surface area contributed by atoms with Crippen LogP contribution in [0.4, 0.5) is 0 Å². The van der Waals surface area contributed by atoms with E-state index in [1.807, 2.05) is 33.2 Å². The summed E-state index contributed by atoms with van der Waals surface area (Å²) in [5.41, 5.74) is 0.0609. The van der Waals surface area contributed by atoms with Crippen molar-refractivity contribution in [1.29, 1.82) is 0 Å². The number of allylic oxidation sites excluding steroid dienone is 1. The average Bonchev–Trinajstić information content (AvgIpc) is 1.94. The molecule has 0 fully saturated rings. The summed E-state index contributed by atoms with van der Waals surface area (Å²) in [4.78, 5) is 12.5. The van der Waals surface area contributed by atoms with Crippen LogP contribution in [0, 0.1) is 5.41 Å². The Morgan fingerprint density at radius 3 is 2.58 bits per heavy atom. The molecule has 0 radical (unpaired) electrons. The summed E-state index contributed by atoms with van der Waals surface area (Å²) in [5.74, 6) is -0.851. The molecule has 0 aliphatic carbocycles. The van der Waals surface area contributed by atoms with Crippen molar-refractivity contribution in [3.05, 3.63) is 24.0 Å². The van der Waals surface area contributed by atoms with Crippen LogP contribution in [0.25, 0.3) is 0 Å². The van der Waals surface area contributed by atoms with Gasteiger partial charge in [-0.05, 0) is 0 Å². The minimum Gasteiger partial charge on any atom is -0.478 e. The molecule has 1 aliphatic rings. The van der Waals surface area contributed by atoms with Crippen LogP contribution in [-0.4, -0.2) is 23.0 Å². The van der Waals surface area contributed by atoms with Gasteiger partial charge in [-0.15, -0.1) is 0 Å². The molecule has 0 spiro atoms. The van der Waals surface area contributed by atoms with Crippen LogP contribution in [0.1, 0.15) is 13.8 Å². The highest BCUT2D eigenvalue weighted by Crippen LogP contribution is 2.31. The van der Waals surface area contributed by atoms with Crippen molar-refractivity contribution in [2.24, 2.45) is 5.41 Å². The normalized spacial score (nSPS) is 20.6. The molecule has 0 saturated carbocycles. The van der Waals surface area contributed by atoms with E-state index >= 15 is 0 Å². The van der Waals surface area contributed by atoms with Gasteiger partial charge in [0.1, 0.15) is 0 Å². The first kappa shape index (κ1) is 8.84. The lowest BCUT2D eigenvalue weighted by atomic mass is 9.83. The van der Waals surface area contributed by atoms with Gasteiger partial charge in [-0.2, -0.15) is 0 Å². The molecule has 0 atom stereocenters. The van der Waals surface area contributed by atoms with E-state index in [1.54, 1.807) is 11.1 Å². The Hall–Kier alpha value is -1.25. The Labute approximate surface area is 72.0 Å². The minimum absolute atomic E-state index is 0.363. The van der Waals surface area contributed by atoms with Gasteiger partial charge in [0.15, 0.2) is 0 Å². The molecule has 1 aliphatic heterocycles. The molecule has 1 rings (SSSR count). The first-order valence-corrected chi connectivity index (χ1v) is 3.80. The second kappa shape index (κ2) is 2.66. The zero-order chi connectivity index (χ0) is 9.35. The number of hydrogen-bond acceptors (Lipinski definition) is 2. The summed E-state index contributed by atoms with van der Waals surface area (Å²) < 4.78 is 0. The van der Waals surface area contributed by atoms with Crippen LogP contribution in [0.2, 0.25) is 0 Å². The Balaban J connectivity index is 3.02. The van der Waals surface area contributed by atoms with Gasteiger partial charge < -0.3 is 10.0 Å².